The fourth-order valence-corrected chi connectivity index (χ4v) is 3.30. The first-order valence-electron chi connectivity index (χ1n) is 8.69. The second kappa shape index (κ2) is 7.08. The molecule has 0 bridgehead atoms. The van der Waals surface area contributed by atoms with Crippen LogP contribution < -0.4 is 10.6 Å². The van der Waals surface area contributed by atoms with E-state index in [4.69, 9.17) is 11.6 Å². The van der Waals surface area contributed by atoms with Crippen LogP contribution in [0.4, 0.5) is 15.9 Å². The molecule has 3 N–H and O–H groups in total. The summed E-state index contributed by atoms with van der Waals surface area (Å²) in [5.74, 6) is -0.183. The molecule has 0 saturated carbocycles. The molecular weight excluding hydrogens is 385 g/mol. The summed E-state index contributed by atoms with van der Waals surface area (Å²) in [7, 11) is 0. The third-order valence-corrected chi connectivity index (χ3v) is 4.95. The van der Waals surface area contributed by atoms with Crippen molar-refractivity contribution < 1.29 is 9.18 Å². The monoisotopic (exact) mass is 401 g/mol. The van der Waals surface area contributed by atoms with Crippen molar-refractivity contribution in [2.75, 3.05) is 10.6 Å². The lowest BCUT2D eigenvalue weighted by molar-refractivity contribution is -0.105. The average molecular weight is 402 g/mol. The smallest absolute Gasteiger partial charge is 0.212 e. The SMILES string of the molecule is CCC(C)Nc1c(F)c(Cl)c(-c2cn3cc(NC=O)nc3cn2)c2cn[nH]c12. The van der Waals surface area contributed by atoms with Gasteiger partial charge in [0.05, 0.1) is 40.5 Å². The van der Waals surface area contributed by atoms with Gasteiger partial charge in [-0.25, -0.2) is 9.37 Å². The van der Waals surface area contributed by atoms with E-state index in [0.29, 0.717) is 40.0 Å². The average Bonchev–Trinajstić information content (AvgIpc) is 3.31. The molecule has 0 aliphatic rings. The van der Waals surface area contributed by atoms with Gasteiger partial charge in [-0.3, -0.25) is 14.9 Å². The summed E-state index contributed by atoms with van der Waals surface area (Å²) >= 11 is 6.42. The second-order valence-corrected chi connectivity index (χ2v) is 6.79. The number of carbonyl (C=O) groups excluding carboxylic acids is 1. The Morgan fingerprint density at radius 3 is 2.96 bits per heavy atom. The minimum atomic E-state index is -0.565. The predicted octanol–water partition coefficient (Wildman–Crippen LogP) is 3.84. The van der Waals surface area contributed by atoms with Crippen molar-refractivity contribution in [3.63, 3.8) is 0 Å². The quantitative estimate of drug-likeness (QED) is 0.426. The Morgan fingerprint density at radius 2 is 2.21 bits per heavy atom. The van der Waals surface area contributed by atoms with Crippen molar-refractivity contribution in [2.45, 2.75) is 26.3 Å². The van der Waals surface area contributed by atoms with E-state index < -0.39 is 5.82 Å². The summed E-state index contributed by atoms with van der Waals surface area (Å²) in [6.45, 7) is 3.97. The number of anilines is 2. The number of hydrogen-bond acceptors (Lipinski definition) is 5. The highest BCUT2D eigenvalue weighted by Crippen LogP contribution is 2.40. The van der Waals surface area contributed by atoms with Gasteiger partial charge < -0.3 is 15.0 Å². The molecule has 28 heavy (non-hydrogen) atoms. The van der Waals surface area contributed by atoms with Crippen LogP contribution in [0, 0.1) is 5.82 Å². The third kappa shape index (κ3) is 2.93. The van der Waals surface area contributed by atoms with E-state index >= 15 is 4.39 Å². The molecule has 10 heteroatoms. The molecule has 4 rings (SSSR count). The molecule has 0 radical (unpaired) electrons. The van der Waals surface area contributed by atoms with Gasteiger partial charge in [0.15, 0.2) is 17.3 Å². The van der Waals surface area contributed by atoms with Gasteiger partial charge in [-0.15, -0.1) is 0 Å². The topological polar surface area (TPSA) is 100 Å². The number of halogens is 2. The number of aromatic nitrogens is 5. The van der Waals surface area contributed by atoms with E-state index in [1.165, 1.54) is 6.20 Å². The number of carbonyl (C=O) groups is 1. The number of aromatic amines is 1. The number of nitrogens with zero attached hydrogens (tertiary/aromatic N) is 4. The van der Waals surface area contributed by atoms with E-state index in [1.54, 1.807) is 23.0 Å². The molecule has 1 unspecified atom stereocenters. The lowest BCUT2D eigenvalue weighted by Gasteiger charge is -2.17. The molecule has 144 valence electrons. The van der Waals surface area contributed by atoms with Gasteiger partial charge in [0.25, 0.3) is 0 Å². The van der Waals surface area contributed by atoms with Crippen molar-refractivity contribution in [3.8, 4) is 11.3 Å². The molecule has 0 spiro atoms. The summed E-state index contributed by atoms with van der Waals surface area (Å²) < 4.78 is 16.8. The minimum Gasteiger partial charge on any atom is -0.378 e. The molecule has 0 fully saturated rings. The Bertz CT molecular complexity index is 1190. The largest absolute Gasteiger partial charge is 0.378 e. The third-order valence-electron chi connectivity index (χ3n) is 4.60. The number of amides is 1. The summed E-state index contributed by atoms with van der Waals surface area (Å²) in [4.78, 5) is 19.2. The van der Waals surface area contributed by atoms with Gasteiger partial charge >= 0.3 is 0 Å². The molecule has 1 atom stereocenters. The minimum absolute atomic E-state index is 0.0436. The predicted molar refractivity (Wildman–Crippen MR) is 106 cm³/mol. The Labute approximate surface area is 164 Å². The first kappa shape index (κ1) is 18.2. The van der Waals surface area contributed by atoms with Crippen LogP contribution in [-0.2, 0) is 4.79 Å². The highest BCUT2D eigenvalue weighted by Gasteiger charge is 2.23. The number of H-pyrrole nitrogens is 1. The van der Waals surface area contributed by atoms with E-state index in [2.05, 4.69) is 30.8 Å². The van der Waals surface area contributed by atoms with Crippen molar-refractivity contribution in [2.24, 2.45) is 0 Å². The molecule has 0 saturated heterocycles. The number of nitrogens with one attached hydrogen (secondary N) is 3. The number of imidazole rings is 1. The zero-order chi connectivity index (χ0) is 19.8. The lowest BCUT2D eigenvalue weighted by Crippen LogP contribution is -2.15. The second-order valence-electron chi connectivity index (χ2n) is 6.42. The van der Waals surface area contributed by atoms with E-state index in [9.17, 15) is 4.79 Å². The molecule has 4 aromatic rings. The Hall–Kier alpha value is -3.20. The zero-order valence-electron chi connectivity index (χ0n) is 15.1. The lowest BCUT2D eigenvalue weighted by atomic mass is 10.0. The van der Waals surface area contributed by atoms with Crippen molar-refractivity contribution in [1.82, 2.24) is 24.6 Å². The normalized spacial score (nSPS) is 12.4. The number of fused-ring (bicyclic) bond motifs is 2. The van der Waals surface area contributed by atoms with Gasteiger partial charge in [0.2, 0.25) is 6.41 Å². The van der Waals surface area contributed by atoms with Crippen LogP contribution in [0.1, 0.15) is 20.3 Å². The van der Waals surface area contributed by atoms with Crippen molar-refractivity contribution in [3.05, 3.63) is 35.6 Å². The number of hydrogen-bond donors (Lipinski definition) is 3. The molecule has 8 nitrogen and oxygen atoms in total. The first-order chi connectivity index (χ1) is 13.5. The van der Waals surface area contributed by atoms with Crippen LogP contribution in [0.3, 0.4) is 0 Å². The maximum absolute atomic E-state index is 15.1. The molecule has 0 aliphatic heterocycles. The van der Waals surface area contributed by atoms with Crippen molar-refractivity contribution in [1.29, 1.82) is 0 Å². The Morgan fingerprint density at radius 1 is 1.39 bits per heavy atom. The highest BCUT2D eigenvalue weighted by atomic mass is 35.5. The van der Waals surface area contributed by atoms with E-state index in [-0.39, 0.29) is 16.8 Å². The highest BCUT2D eigenvalue weighted by molar-refractivity contribution is 6.35. The zero-order valence-corrected chi connectivity index (χ0v) is 15.9. The van der Waals surface area contributed by atoms with Crippen molar-refractivity contribution >= 4 is 46.1 Å². The van der Waals surface area contributed by atoms with Gasteiger partial charge in [0, 0.05) is 23.2 Å². The summed E-state index contributed by atoms with van der Waals surface area (Å²) in [5, 5.41) is 13.2. The van der Waals surface area contributed by atoms with Gasteiger partial charge in [0.1, 0.15) is 0 Å². The number of rotatable bonds is 6. The summed E-state index contributed by atoms with van der Waals surface area (Å²) in [6.07, 6.45) is 7.79. The molecule has 1 amide bonds. The fourth-order valence-electron chi connectivity index (χ4n) is 3.01. The van der Waals surface area contributed by atoms with E-state index in [0.717, 1.165) is 6.42 Å². The van der Waals surface area contributed by atoms with Crippen LogP contribution >= 0.6 is 11.6 Å². The van der Waals surface area contributed by atoms with Crippen LogP contribution in [0.2, 0.25) is 5.02 Å². The van der Waals surface area contributed by atoms with Crippen LogP contribution in [0.5, 0.6) is 0 Å². The molecule has 1 aromatic carbocycles. The molecule has 0 aliphatic carbocycles. The van der Waals surface area contributed by atoms with E-state index in [1.807, 2.05) is 13.8 Å². The van der Waals surface area contributed by atoms with Crippen LogP contribution in [-0.4, -0.2) is 37.0 Å². The van der Waals surface area contributed by atoms with Crippen LogP contribution in [0.25, 0.3) is 27.8 Å². The number of benzene rings is 1. The van der Waals surface area contributed by atoms with Gasteiger partial charge in [-0.2, -0.15) is 5.10 Å². The van der Waals surface area contributed by atoms with Gasteiger partial charge in [-0.05, 0) is 13.3 Å². The fraction of sp³-hybridized carbons (Fsp3) is 0.222. The first-order valence-corrected chi connectivity index (χ1v) is 9.07. The molecular formula is C18H17ClFN7O. The summed E-state index contributed by atoms with van der Waals surface area (Å²) in [6, 6.07) is 0.0621. The standard InChI is InChI=1S/C18H17ClFN7O/c1-3-9(2)24-18-16(20)15(19)14(10-4-23-26-17(10)18)11-6-27-7-12(22-8-28)25-13(27)5-21-11/h4-9,24H,3H2,1-2H3,(H,22,28)(H,23,26). The Balaban J connectivity index is 1.90. The summed E-state index contributed by atoms with van der Waals surface area (Å²) in [5.41, 5.74) is 2.22. The Kier molecular flexibility index (Phi) is 4.60. The maximum Gasteiger partial charge on any atom is 0.212 e. The van der Waals surface area contributed by atoms with Crippen LogP contribution in [0.15, 0.2) is 24.8 Å². The maximum atomic E-state index is 15.1. The molecule has 3 heterocycles. The van der Waals surface area contributed by atoms with Gasteiger partial charge in [-0.1, -0.05) is 18.5 Å². The molecule has 3 aromatic heterocycles.